The number of ether oxygens (including phenoxy) is 2. The van der Waals surface area contributed by atoms with Gasteiger partial charge in [0.05, 0.1) is 19.8 Å². The SMILES string of the molecule is CN(C)c1ccc2c(c1)[Si](C)(C)c1cc(N(C)C)ccc1C2=CCCC(=O)NCCOCCOCCCCCCCl. The molecule has 1 aliphatic heterocycles. The topological polar surface area (TPSA) is 54.0 Å². The van der Waals surface area contributed by atoms with Gasteiger partial charge >= 0.3 is 0 Å². The number of carbonyl (C=O) groups is 1. The standard InChI is InChI=1S/C33H50ClN3O3Si/c1-36(2)26-14-16-29-28(30-17-15-27(37(3)4)25-32(30)41(5,6)31(29)24-26)12-11-13-33(38)35-19-21-40-23-22-39-20-10-8-7-9-18-34/h12,14-17,24-25H,7-11,13,18-23H2,1-6H3,(H,35,38). The highest BCUT2D eigenvalue weighted by Crippen LogP contribution is 2.33. The zero-order chi connectivity index (χ0) is 29.8. The van der Waals surface area contributed by atoms with Crippen molar-refractivity contribution in [2.24, 2.45) is 0 Å². The van der Waals surface area contributed by atoms with Crippen LogP contribution >= 0.6 is 11.6 Å². The van der Waals surface area contributed by atoms with E-state index in [0.717, 1.165) is 38.2 Å². The molecule has 0 unspecified atom stereocenters. The summed E-state index contributed by atoms with van der Waals surface area (Å²) in [7, 11) is 6.45. The molecule has 0 aromatic heterocycles. The van der Waals surface area contributed by atoms with Gasteiger partial charge in [-0.25, -0.2) is 0 Å². The lowest BCUT2D eigenvalue weighted by molar-refractivity contribution is -0.121. The van der Waals surface area contributed by atoms with Crippen LogP contribution in [0.3, 0.4) is 0 Å². The molecule has 0 saturated heterocycles. The molecule has 2 aromatic carbocycles. The number of unbranched alkanes of at least 4 members (excludes halogenated alkanes) is 3. The van der Waals surface area contributed by atoms with Crippen molar-refractivity contribution >= 4 is 52.9 Å². The van der Waals surface area contributed by atoms with Crippen LogP contribution in [0.2, 0.25) is 13.1 Å². The zero-order valence-corrected chi connectivity index (χ0v) is 27.8. The van der Waals surface area contributed by atoms with Crippen molar-refractivity contribution in [2.45, 2.75) is 51.6 Å². The zero-order valence-electron chi connectivity index (χ0n) is 26.0. The maximum atomic E-state index is 12.6. The maximum absolute atomic E-state index is 12.6. The summed E-state index contributed by atoms with van der Waals surface area (Å²) in [5, 5.41) is 5.90. The molecule has 0 saturated carbocycles. The fourth-order valence-electron chi connectivity index (χ4n) is 5.31. The molecule has 1 N–H and O–H groups in total. The highest BCUT2D eigenvalue weighted by Gasteiger charge is 2.37. The lowest BCUT2D eigenvalue weighted by Gasteiger charge is -2.36. The van der Waals surface area contributed by atoms with Gasteiger partial charge in [0.15, 0.2) is 0 Å². The maximum Gasteiger partial charge on any atom is 0.220 e. The molecule has 1 heterocycles. The molecule has 0 aliphatic carbocycles. The first-order valence-electron chi connectivity index (χ1n) is 15.0. The number of allylic oxidation sites excluding steroid dienone is 1. The molecule has 8 heteroatoms. The Balaban J connectivity index is 1.55. The van der Waals surface area contributed by atoms with Gasteiger partial charge < -0.3 is 24.6 Å². The number of benzene rings is 2. The average Bonchev–Trinajstić information content (AvgIpc) is 2.95. The van der Waals surface area contributed by atoms with Crippen LogP contribution < -0.4 is 25.5 Å². The third-order valence-electron chi connectivity index (χ3n) is 7.80. The van der Waals surface area contributed by atoms with Gasteiger partial charge in [-0.05, 0) is 70.6 Å². The molecule has 0 atom stereocenters. The minimum Gasteiger partial charge on any atom is -0.379 e. The molecule has 0 radical (unpaired) electrons. The van der Waals surface area contributed by atoms with Gasteiger partial charge in [-0.15, -0.1) is 11.6 Å². The summed E-state index contributed by atoms with van der Waals surface area (Å²) >= 11 is 5.69. The molecule has 0 spiro atoms. The van der Waals surface area contributed by atoms with Gasteiger partial charge in [-0.2, -0.15) is 0 Å². The summed E-state index contributed by atoms with van der Waals surface area (Å²) in [5.41, 5.74) is 6.31. The summed E-state index contributed by atoms with van der Waals surface area (Å²) in [4.78, 5) is 16.9. The molecule has 226 valence electrons. The normalized spacial score (nSPS) is 13.4. The van der Waals surface area contributed by atoms with E-state index in [1.165, 1.54) is 38.4 Å². The molecule has 0 fully saturated rings. The molecule has 41 heavy (non-hydrogen) atoms. The Bertz CT molecular complexity index is 1100. The van der Waals surface area contributed by atoms with Crippen molar-refractivity contribution in [1.82, 2.24) is 5.32 Å². The fraction of sp³-hybridized carbons (Fsp3) is 0.545. The molecular formula is C33H50ClN3O3Si. The van der Waals surface area contributed by atoms with E-state index in [9.17, 15) is 4.79 Å². The number of amides is 1. The predicted molar refractivity (Wildman–Crippen MR) is 178 cm³/mol. The van der Waals surface area contributed by atoms with E-state index < -0.39 is 8.07 Å². The molecule has 1 aliphatic rings. The predicted octanol–water partition coefficient (Wildman–Crippen LogP) is 5.12. The third-order valence-corrected chi connectivity index (χ3v) is 11.6. The lowest BCUT2D eigenvalue weighted by Crippen LogP contribution is -2.58. The van der Waals surface area contributed by atoms with E-state index in [-0.39, 0.29) is 5.91 Å². The van der Waals surface area contributed by atoms with Crippen molar-refractivity contribution < 1.29 is 14.3 Å². The van der Waals surface area contributed by atoms with Gasteiger partial charge in [-0.3, -0.25) is 4.79 Å². The Morgan fingerprint density at radius 2 is 1.39 bits per heavy atom. The van der Waals surface area contributed by atoms with Crippen molar-refractivity contribution in [3.05, 3.63) is 53.6 Å². The second-order valence-corrected chi connectivity index (χ2v) is 16.4. The Kier molecular flexibility index (Phi) is 13.2. The van der Waals surface area contributed by atoms with Gasteiger partial charge in [0.1, 0.15) is 8.07 Å². The monoisotopic (exact) mass is 599 g/mol. The third kappa shape index (κ3) is 9.33. The first-order chi connectivity index (χ1) is 19.7. The van der Waals surface area contributed by atoms with Gasteiger partial charge in [0, 0.05) is 65.0 Å². The van der Waals surface area contributed by atoms with E-state index in [4.69, 9.17) is 21.1 Å². The van der Waals surface area contributed by atoms with Crippen molar-refractivity contribution in [2.75, 3.05) is 76.8 Å². The van der Waals surface area contributed by atoms with Crippen molar-refractivity contribution in [3.8, 4) is 0 Å². The number of nitrogens with one attached hydrogen (secondary N) is 1. The number of carbonyl (C=O) groups excluding carboxylic acids is 1. The van der Waals surface area contributed by atoms with Crippen LogP contribution in [-0.2, 0) is 14.3 Å². The second-order valence-electron chi connectivity index (χ2n) is 11.7. The minimum atomic E-state index is -1.93. The van der Waals surface area contributed by atoms with E-state index in [2.05, 4.69) is 98.9 Å². The molecular weight excluding hydrogens is 550 g/mol. The number of anilines is 2. The smallest absolute Gasteiger partial charge is 0.220 e. The summed E-state index contributed by atoms with van der Waals surface area (Å²) in [6, 6.07) is 13.7. The van der Waals surface area contributed by atoms with Crippen LogP contribution in [0.25, 0.3) is 5.57 Å². The van der Waals surface area contributed by atoms with E-state index in [1.54, 1.807) is 0 Å². The number of alkyl halides is 1. The first-order valence-corrected chi connectivity index (χ1v) is 18.5. The van der Waals surface area contributed by atoms with E-state index >= 15 is 0 Å². The number of hydrogen-bond acceptors (Lipinski definition) is 5. The van der Waals surface area contributed by atoms with E-state index in [1.807, 2.05) is 0 Å². The summed E-state index contributed by atoms with van der Waals surface area (Å²) in [5.74, 6) is 0.789. The van der Waals surface area contributed by atoms with Gasteiger partial charge in [0.2, 0.25) is 5.91 Å². The summed E-state index contributed by atoms with van der Waals surface area (Å²) < 4.78 is 11.2. The first kappa shape index (κ1) is 33.2. The molecule has 0 bridgehead atoms. The van der Waals surface area contributed by atoms with Crippen molar-refractivity contribution in [1.29, 1.82) is 0 Å². The Morgan fingerprint density at radius 1 is 0.829 bits per heavy atom. The molecule has 2 aromatic rings. The summed E-state index contributed by atoms with van der Waals surface area (Å²) in [6.07, 6.45) is 7.85. The number of rotatable bonds is 17. The quantitative estimate of drug-likeness (QED) is 0.155. The number of halogens is 1. The van der Waals surface area contributed by atoms with Crippen LogP contribution in [0.1, 0.15) is 49.7 Å². The van der Waals surface area contributed by atoms with Crippen LogP contribution in [0, 0.1) is 0 Å². The van der Waals surface area contributed by atoms with Crippen LogP contribution in [-0.4, -0.2) is 81.0 Å². The molecule has 3 rings (SSSR count). The van der Waals surface area contributed by atoms with Crippen molar-refractivity contribution in [3.63, 3.8) is 0 Å². The fourth-order valence-corrected chi connectivity index (χ4v) is 8.59. The van der Waals surface area contributed by atoms with Crippen LogP contribution in [0.15, 0.2) is 42.5 Å². The highest BCUT2D eigenvalue weighted by molar-refractivity contribution is 7.02. The van der Waals surface area contributed by atoms with Crippen LogP contribution in [0.5, 0.6) is 0 Å². The highest BCUT2D eigenvalue weighted by atomic mass is 35.5. The largest absolute Gasteiger partial charge is 0.379 e. The average molecular weight is 600 g/mol. The Hall–Kier alpha value is -2.32. The summed E-state index contributed by atoms with van der Waals surface area (Å²) in [6.45, 7) is 7.81. The Morgan fingerprint density at radius 3 is 1.95 bits per heavy atom. The van der Waals surface area contributed by atoms with Gasteiger partial charge in [0.25, 0.3) is 0 Å². The van der Waals surface area contributed by atoms with Gasteiger partial charge in [-0.1, -0.05) is 44.1 Å². The molecule has 6 nitrogen and oxygen atoms in total. The minimum absolute atomic E-state index is 0.0514. The number of fused-ring (bicyclic) bond motifs is 2. The number of nitrogens with zero attached hydrogens (tertiary/aromatic N) is 2. The Labute approximate surface area is 254 Å². The second kappa shape index (κ2) is 16.3. The molecule has 1 amide bonds. The van der Waals surface area contributed by atoms with Crippen LogP contribution in [0.4, 0.5) is 11.4 Å². The number of hydrogen-bond donors (Lipinski definition) is 1. The lowest BCUT2D eigenvalue weighted by atomic mass is 9.94. The van der Waals surface area contributed by atoms with E-state index in [0.29, 0.717) is 39.2 Å².